The molecule has 1 fully saturated rings. The summed E-state index contributed by atoms with van der Waals surface area (Å²) in [4.78, 5) is 13.7. The van der Waals surface area contributed by atoms with Crippen molar-refractivity contribution in [3.8, 4) is 11.8 Å². The van der Waals surface area contributed by atoms with Crippen LogP contribution in [0, 0.1) is 11.3 Å². The number of benzene rings is 1. The Balaban J connectivity index is 1.79. The Bertz CT molecular complexity index is 456. The molecule has 0 radical (unpaired) electrons. The van der Waals surface area contributed by atoms with Crippen LogP contribution in [-0.4, -0.2) is 43.1 Å². The van der Waals surface area contributed by atoms with E-state index >= 15 is 0 Å². The summed E-state index contributed by atoms with van der Waals surface area (Å²) < 4.78 is 5.49. The van der Waals surface area contributed by atoms with E-state index in [1.807, 2.05) is 30.3 Å². The number of carbonyl (C=O) groups is 1. The van der Waals surface area contributed by atoms with Crippen molar-refractivity contribution in [3.63, 3.8) is 0 Å². The van der Waals surface area contributed by atoms with E-state index in [0.717, 1.165) is 12.3 Å². The minimum atomic E-state index is -0.363. The average molecular weight is 259 g/mol. The zero-order chi connectivity index (χ0) is 13.5. The molecular weight excluding hydrogens is 242 g/mol. The molecule has 5 nitrogen and oxygen atoms in total. The lowest BCUT2D eigenvalue weighted by Gasteiger charge is -2.32. The first kappa shape index (κ1) is 13.4. The van der Waals surface area contributed by atoms with Crippen LogP contribution in [-0.2, 0) is 4.79 Å². The van der Waals surface area contributed by atoms with E-state index in [1.54, 1.807) is 4.90 Å². The molecule has 2 rings (SSSR count). The summed E-state index contributed by atoms with van der Waals surface area (Å²) in [7, 11) is 0. The molecule has 1 saturated heterocycles. The first-order valence-electron chi connectivity index (χ1n) is 6.39. The smallest absolute Gasteiger partial charge is 0.227 e. The second kappa shape index (κ2) is 6.76. The lowest BCUT2D eigenvalue weighted by Crippen LogP contribution is -2.53. The fourth-order valence-corrected chi connectivity index (χ4v) is 2.03. The fraction of sp³-hybridized carbons (Fsp3) is 0.429. The molecule has 0 saturated carbocycles. The molecule has 0 aromatic heterocycles. The first-order valence-corrected chi connectivity index (χ1v) is 6.39. The van der Waals surface area contributed by atoms with Gasteiger partial charge >= 0.3 is 0 Å². The number of nitriles is 1. The molecule has 1 aromatic rings. The Morgan fingerprint density at radius 2 is 2.26 bits per heavy atom. The predicted octanol–water partition coefficient (Wildman–Crippen LogP) is 0.779. The van der Waals surface area contributed by atoms with Gasteiger partial charge in [-0.25, -0.2) is 0 Å². The van der Waals surface area contributed by atoms with Gasteiger partial charge in [0.15, 0.2) is 0 Å². The van der Waals surface area contributed by atoms with Crippen molar-refractivity contribution in [2.24, 2.45) is 0 Å². The third kappa shape index (κ3) is 3.70. The third-order valence-electron chi connectivity index (χ3n) is 3.04. The lowest BCUT2D eigenvalue weighted by atomic mass is 10.2. The number of ether oxygens (including phenoxy) is 1. The Labute approximate surface area is 112 Å². The summed E-state index contributed by atoms with van der Waals surface area (Å²) in [6, 6.07) is 11.2. The number of nitrogens with one attached hydrogen (secondary N) is 1. The van der Waals surface area contributed by atoms with Crippen molar-refractivity contribution >= 4 is 5.91 Å². The second-order valence-electron chi connectivity index (χ2n) is 4.35. The molecule has 0 bridgehead atoms. The lowest BCUT2D eigenvalue weighted by molar-refractivity contribution is -0.133. The van der Waals surface area contributed by atoms with E-state index in [9.17, 15) is 4.79 Å². The molecule has 5 heteroatoms. The quantitative estimate of drug-likeness (QED) is 0.867. The molecular formula is C14H17N3O2. The molecule has 1 aliphatic rings. The summed E-state index contributed by atoms with van der Waals surface area (Å²) >= 11 is 0. The van der Waals surface area contributed by atoms with Crippen LogP contribution < -0.4 is 10.1 Å². The maximum Gasteiger partial charge on any atom is 0.227 e. The number of para-hydroxylation sites is 1. The SMILES string of the molecule is N#CC1CNCCN1C(=O)CCOc1ccccc1. The molecule has 1 N–H and O–H groups in total. The minimum absolute atomic E-state index is 0.0241. The maximum absolute atomic E-state index is 12.0. The van der Waals surface area contributed by atoms with Crippen LogP contribution >= 0.6 is 0 Å². The van der Waals surface area contributed by atoms with E-state index in [-0.39, 0.29) is 11.9 Å². The molecule has 1 aliphatic heterocycles. The number of hydrogen-bond acceptors (Lipinski definition) is 4. The third-order valence-corrected chi connectivity index (χ3v) is 3.04. The van der Waals surface area contributed by atoms with Crippen molar-refractivity contribution in [2.45, 2.75) is 12.5 Å². The van der Waals surface area contributed by atoms with Gasteiger partial charge in [0.1, 0.15) is 11.8 Å². The van der Waals surface area contributed by atoms with Crippen molar-refractivity contribution in [2.75, 3.05) is 26.2 Å². The summed E-state index contributed by atoms with van der Waals surface area (Å²) in [6.45, 7) is 2.21. The summed E-state index contributed by atoms with van der Waals surface area (Å²) in [5.74, 6) is 0.733. The standard InChI is InChI=1S/C14H17N3O2/c15-10-12-11-16-7-8-17(12)14(18)6-9-19-13-4-2-1-3-5-13/h1-5,12,16H,6-9,11H2. The van der Waals surface area contributed by atoms with E-state index in [2.05, 4.69) is 11.4 Å². The Kier molecular flexibility index (Phi) is 4.76. The summed E-state index contributed by atoms with van der Waals surface area (Å²) in [5.41, 5.74) is 0. The number of amides is 1. The van der Waals surface area contributed by atoms with Crippen molar-refractivity contribution in [1.29, 1.82) is 5.26 Å². The zero-order valence-corrected chi connectivity index (χ0v) is 10.7. The predicted molar refractivity (Wildman–Crippen MR) is 70.5 cm³/mol. The topological polar surface area (TPSA) is 65.4 Å². The number of rotatable bonds is 4. The van der Waals surface area contributed by atoms with Crippen LogP contribution in [0.4, 0.5) is 0 Å². The van der Waals surface area contributed by atoms with Gasteiger partial charge in [-0.1, -0.05) is 18.2 Å². The molecule has 0 spiro atoms. The van der Waals surface area contributed by atoms with E-state index in [4.69, 9.17) is 10.00 Å². The Morgan fingerprint density at radius 3 is 3.00 bits per heavy atom. The summed E-state index contributed by atoms with van der Waals surface area (Å²) in [6.07, 6.45) is 0.299. The minimum Gasteiger partial charge on any atom is -0.493 e. The normalized spacial score (nSPS) is 18.7. The van der Waals surface area contributed by atoms with Crippen molar-refractivity contribution in [3.05, 3.63) is 30.3 Å². The van der Waals surface area contributed by atoms with Crippen LogP contribution in [0.15, 0.2) is 30.3 Å². The van der Waals surface area contributed by atoms with E-state index in [0.29, 0.717) is 26.1 Å². The van der Waals surface area contributed by atoms with Crippen molar-refractivity contribution in [1.82, 2.24) is 10.2 Å². The highest BCUT2D eigenvalue weighted by atomic mass is 16.5. The first-order chi connectivity index (χ1) is 9.31. The molecule has 19 heavy (non-hydrogen) atoms. The Morgan fingerprint density at radius 1 is 1.47 bits per heavy atom. The average Bonchev–Trinajstić information content (AvgIpc) is 2.48. The molecule has 1 heterocycles. The highest BCUT2D eigenvalue weighted by Crippen LogP contribution is 2.10. The second-order valence-corrected chi connectivity index (χ2v) is 4.35. The summed E-state index contributed by atoms with van der Waals surface area (Å²) in [5, 5.41) is 12.1. The molecule has 1 unspecified atom stereocenters. The van der Waals surface area contributed by atoms with Gasteiger partial charge in [0.2, 0.25) is 5.91 Å². The van der Waals surface area contributed by atoms with Crippen LogP contribution in [0.3, 0.4) is 0 Å². The number of carbonyl (C=O) groups excluding carboxylic acids is 1. The van der Waals surface area contributed by atoms with Gasteiger partial charge in [-0.15, -0.1) is 0 Å². The van der Waals surface area contributed by atoms with Gasteiger partial charge in [-0.2, -0.15) is 5.26 Å². The number of hydrogen-bond donors (Lipinski definition) is 1. The highest BCUT2D eigenvalue weighted by molar-refractivity contribution is 5.77. The fourth-order valence-electron chi connectivity index (χ4n) is 2.03. The van der Waals surface area contributed by atoms with E-state index in [1.165, 1.54) is 0 Å². The number of nitrogens with zero attached hydrogens (tertiary/aromatic N) is 2. The number of piperazine rings is 1. The highest BCUT2D eigenvalue weighted by Gasteiger charge is 2.25. The van der Waals surface area contributed by atoms with E-state index < -0.39 is 0 Å². The van der Waals surface area contributed by atoms with Gasteiger partial charge in [-0.3, -0.25) is 4.79 Å². The van der Waals surface area contributed by atoms with Gasteiger partial charge in [0.05, 0.1) is 19.1 Å². The van der Waals surface area contributed by atoms with Gasteiger partial charge in [0.25, 0.3) is 0 Å². The van der Waals surface area contributed by atoms with Crippen LogP contribution in [0.2, 0.25) is 0 Å². The molecule has 1 aromatic carbocycles. The van der Waals surface area contributed by atoms with Crippen LogP contribution in [0.25, 0.3) is 0 Å². The molecule has 1 amide bonds. The van der Waals surface area contributed by atoms with Crippen LogP contribution in [0.5, 0.6) is 5.75 Å². The maximum atomic E-state index is 12.0. The molecule has 100 valence electrons. The monoisotopic (exact) mass is 259 g/mol. The van der Waals surface area contributed by atoms with Crippen molar-refractivity contribution < 1.29 is 9.53 Å². The largest absolute Gasteiger partial charge is 0.493 e. The van der Waals surface area contributed by atoms with Crippen LogP contribution in [0.1, 0.15) is 6.42 Å². The molecule has 1 atom stereocenters. The van der Waals surface area contributed by atoms with Gasteiger partial charge < -0.3 is 15.0 Å². The zero-order valence-electron chi connectivity index (χ0n) is 10.7. The Hall–Kier alpha value is -2.06. The van der Waals surface area contributed by atoms with Gasteiger partial charge in [0, 0.05) is 19.6 Å². The molecule has 0 aliphatic carbocycles. The van der Waals surface area contributed by atoms with Gasteiger partial charge in [-0.05, 0) is 12.1 Å².